The van der Waals surface area contributed by atoms with E-state index < -0.39 is 0 Å². The third kappa shape index (κ3) is 4.38. The van der Waals surface area contributed by atoms with Gasteiger partial charge in [0, 0.05) is 56.5 Å². The van der Waals surface area contributed by atoms with Crippen molar-refractivity contribution < 1.29 is 9.47 Å². The second-order valence-corrected chi connectivity index (χ2v) is 7.98. The molecule has 2 aliphatic rings. The van der Waals surface area contributed by atoms with Crippen molar-refractivity contribution in [2.75, 3.05) is 43.1 Å². The van der Waals surface area contributed by atoms with Gasteiger partial charge in [0.25, 0.3) is 0 Å². The van der Waals surface area contributed by atoms with Gasteiger partial charge in [0.15, 0.2) is 0 Å². The van der Waals surface area contributed by atoms with E-state index >= 15 is 0 Å². The number of ether oxygens (including phenoxy) is 2. The van der Waals surface area contributed by atoms with Crippen molar-refractivity contribution in [3.05, 3.63) is 30.2 Å². The molecule has 2 aliphatic heterocycles. The monoisotopic (exact) mass is 397 g/mol. The summed E-state index contributed by atoms with van der Waals surface area (Å²) in [7, 11) is 1.66. The molecule has 0 amide bonds. The predicted octanol–water partition coefficient (Wildman–Crippen LogP) is 3.34. The molecule has 7 heteroatoms. The molecule has 156 valence electrons. The Morgan fingerprint density at radius 2 is 1.79 bits per heavy atom. The maximum absolute atomic E-state index is 6.22. The number of hydrogen-bond acceptors (Lipinski definition) is 7. The van der Waals surface area contributed by atoms with Crippen LogP contribution in [0.2, 0.25) is 0 Å². The predicted molar refractivity (Wildman–Crippen MR) is 114 cm³/mol. The SMILES string of the molecule is CCc1cnc(OC)cc1N1CC[C@@H](Oc2cnc(N3CCCC3)cn2)C(C)C1. The normalized spacial score (nSPS) is 22.0. The summed E-state index contributed by atoms with van der Waals surface area (Å²) in [5, 5.41) is 0. The van der Waals surface area contributed by atoms with Crippen LogP contribution in [0.4, 0.5) is 11.5 Å². The van der Waals surface area contributed by atoms with Crippen molar-refractivity contribution in [2.45, 2.75) is 45.6 Å². The fraction of sp³-hybridized carbons (Fsp3) is 0.591. The van der Waals surface area contributed by atoms with Crippen LogP contribution in [-0.4, -0.2) is 54.3 Å². The van der Waals surface area contributed by atoms with Gasteiger partial charge < -0.3 is 19.3 Å². The van der Waals surface area contributed by atoms with Gasteiger partial charge in [-0.1, -0.05) is 13.8 Å². The highest BCUT2D eigenvalue weighted by molar-refractivity contribution is 5.55. The van der Waals surface area contributed by atoms with Gasteiger partial charge in [-0.15, -0.1) is 0 Å². The molecule has 2 fully saturated rings. The van der Waals surface area contributed by atoms with Crippen LogP contribution in [0.1, 0.15) is 38.7 Å². The van der Waals surface area contributed by atoms with Crippen LogP contribution in [0, 0.1) is 5.92 Å². The molecule has 0 aliphatic carbocycles. The molecule has 0 saturated carbocycles. The van der Waals surface area contributed by atoms with Gasteiger partial charge in [0.05, 0.1) is 19.5 Å². The molecule has 2 aromatic rings. The molecule has 2 aromatic heterocycles. The standard InChI is InChI=1S/C22H31N5O2/c1-4-17-12-24-21(28-3)11-18(17)27-10-7-19(16(2)15-27)29-22-14-23-20(13-25-22)26-8-5-6-9-26/h11-14,16,19H,4-10,15H2,1-3H3/t16?,19-/m1/s1. The summed E-state index contributed by atoms with van der Waals surface area (Å²) in [5.41, 5.74) is 2.47. The zero-order valence-corrected chi connectivity index (χ0v) is 17.7. The average Bonchev–Trinajstić information content (AvgIpc) is 3.30. The molecular weight excluding hydrogens is 366 g/mol. The Kier molecular flexibility index (Phi) is 6.02. The highest BCUT2D eigenvalue weighted by atomic mass is 16.5. The molecule has 2 atom stereocenters. The quantitative estimate of drug-likeness (QED) is 0.741. The summed E-state index contributed by atoms with van der Waals surface area (Å²) in [6, 6.07) is 2.05. The zero-order chi connectivity index (χ0) is 20.2. The van der Waals surface area contributed by atoms with Crippen molar-refractivity contribution in [3.63, 3.8) is 0 Å². The minimum atomic E-state index is 0.145. The van der Waals surface area contributed by atoms with E-state index in [-0.39, 0.29) is 6.10 Å². The first-order valence-electron chi connectivity index (χ1n) is 10.7. The van der Waals surface area contributed by atoms with Crippen LogP contribution >= 0.6 is 0 Å². The Morgan fingerprint density at radius 1 is 1.00 bits per heavy atom. The lowest BCUT2D eigenvalue weighted by Gasteiger charge is -2.38. The molecule has 0 radical (unpaired) electrons. The number of methoxy groups -OCH3 is 1. The number of piperidine rings is 1. The smallest absolute Gasteiger partial charge is 0.232 e. The average molecular weight is 398 g/mol. The Balaban J connectivity index is 1.39. The van der Waals surface area contributed by atoms with Gasteiger partial charge in [0.1, 0.15) is 11.9 Å². The van der Waals surface area contributed by atoms with Crippen LogP contribution in [0.15, 0.2) is 24.7 Å². The summed E-state index contributed by atoms with van der Waals surface area (Å²) < 4.78 is 11.6. The van der Waals surface area contributed by atoms with E-state index in [1.165, 1.54) is 24.1 Å². The maximum atomic E-state index is 6.22. The second kappa shape index (κ2) is 8.84. The van der Waals surface area contributed by atoms with Crippen LogP contribution < -0.4 is 19.3 Å². The number of aryl methyl sites for hydroxylation is 1. The number of aromatic nitrogens is 3. The van der Waals surface area contributed by atoms with Crippen molar-refractivity contribution in [2.24, 2.45) is 5.92 Å². The Bertz CT molecular complexity index is 807. The molecule has 7 nitrogen and oxygen atoms in total. The number of rotatable bonds is 6. The van der Waals surface area contributed by atoms with Gasteiger partial charge in [-0.25, -0.2) is 15.0 Å². The zero-order valence-electron chi connectivity index (χ0n) is 17.7. The summed E-state index contributed by atoms with van der Waals surface area (Å²) in [6.45, 7) is 8.43. The van der Waals surface area contributed by atoms with E-state index in [1.54, 1.807) is 13.3 Å². The molecule has 2 saturated heterocycles. The minimum Gasteiger partial charge on any atom is -0.481 e. The Labute approximate surface area is 173 Å². The fourth-order valence-electron chi connectivity index (χ4n) is 4.29. The molecule has 0 aromatic carbocycles. The third-order valence-corrected chi connectivity index (χ3v) is 6.01. The van der Waals surface area contributed by atoms with Gasteiger partial charge in [-0.2, -0.15) is 0 Å². The summed E-state index contributed by atoms with van der Waals surface area (Å²) in [5.74, 6) is 2.62. The molecule has 1 unspecified atom stereocenters. The van der Waals surface area contributed by atoms with Crippen molar-refractivity contribution in [1.29, 1.82) is 0 Å². The largest absolute Gasteiger partial charge is 0.481 e. The van der Waals surface area contributed by atoms with E-state index in [2.05, 4.69) is 44.7 Å². The first kappa shape index (κ1) is 19.7. The fourth-order valence-corrected chi connectivity index (χ4v) is 4.29. The number of hydrogen-bond donors (Lipinski definition) is 0. The molecule has 29 heavy (non-hydrogen) atoms. The lowest BCUT2D eigenvalue weighted by molar-refractivity contribution is 0.115. The van der Waals surface area contributed by atoms with E-state index in [1.807, 2.05) is 12.4 Å². The summed E-state index contributed by atoms with van der Waals surface area (Å²) in [6.07, 6.45) is 10.1. The van der Waals surface area contributed by atoms with Crippen molar-refractivity contribution >= 4 is 11.5 Å². The topological polar surface area (TPSA) is 63.6 Å². The van der Waals surface area contributed by atoms with Gasteiger partial charge in [-0.3, -0.25) is 0 Å². The first-order valence-corrected chi connectivity index (χ1v) is 10.7. The number of pyridine rings is 1. The van der Waals surface area contributed by atoms with Crippen molar-refractivity contribution in [1.82, 2.24) is 15.0 Å². The van der Waals surface area contributed by atoms with E-state index in [0.29, 0.717) is 17.7 Å². The Morgan fingerprint density at radius 3 is 2.45 bits per heavy atom. The number of nitrogens with zero attached hydrogens (tertiary/aromatic N) is 5. The minimum absolute atomic E-state index is 0.145. The Hall–Kier alpha value is -2.57. The molecule has 0 bridgehead atoms. The lowest BCUT2D eigenvalue weighted by Crippen LogP contribution is -2.45. The van der Waals surface area contributed by atoms with E-state index in [4.69, 9.17) is 9.47 Å². The van der Waals surface area contributed by atoms with E-state index in [0.717, 1.165) is 44.8 Å². The van der Waals surface area contributed by atoms with Gasteiger partial charge in [0.2, 0.25) is 11.8 Å². The van der Waals surface area contributed by atoms with Crippen LogP contribution in [0.3, 0.4) is 0 Å². The third-order valence-electron chi connectivity index (χ3n) is 6.01. The van der Waals surface area contributed by atoms with Crippen LogP contribution in [0.5, 0.6) is 11.8 Å². The maximum Gasteiger partial charge on any atom is 0.232 e. The summed E-state index contributed by atoms with van der Waals surface area (Å²) >= 11 is 0. The molecule has 0 N–H and O–H groups in total. The van der Waals surface area contributed by atoms with Crippen LogP contribution in [-0.2, 0) is 6.42 Å². The van der Waals surface area contributed by atoms with Crippen LogP contribution in [0.25, 0.3) is 0 Å². The highest BCUT2D eigenvalue weighted by Gasteiger charge is 2.29. The first-order chi connectivity index (χ1) is 14.2. The lowest BCUT2D eigenvalue weighted by atomic mass is 9.95. The van der Waals surface area contributed by atoms with Gasteiger partial charge in [-0.05, 0) is 24.8 Å². The number of anilines is 2. The van der Waals surface area contributed by atoms with E-state index in [9.17, 15) is 0 Å². The molecular formula is C22H31N5O2. The molecule has 4 rings (SSSR count). The molecule has 0 spiro atoms. The van der Waals surface area contributed by atoms with Crippen molar-refractivity contribution in [3.8, 4) is 11.8 Å². The summed E-state index contributed by atoms with van der Waals surface area (Å²) in [4.78, 5) is 18.1. The second-order valence-electron chi connectivity index (χ2n) is 7.98. The van der Waals surface area contributed by atoms with Gasteiger partial charge >= 0.3 is 0 Å². The molecule has 4 heterocycles. The highest BCUT2D eigenvalue weighted by Crippen LogP contribution is 2.30.